The molecule has 1 atom stereocenters. The second kappa shape index (κ2) is 14.9. The number of pyridine rings is 1. The van der Waals surface area contributed by atoms with Crippen LogP contribution >= 0.6 is 0 Å². The fourth-order valence-corrected chi connectivity index (χ4v) is 5.01. The number of carbonyl (C=O) groups excluding carboxylic acids is 1. The average molecular weight is 595 g/mol. The standard InChI is InChI=1S/C27H30N2O6.C4H4O4/c1-3-15-9-17-11-19(12-18(17)10-16(15)4-2)28-14-22(30)20-5-7-23(35-26(34)13-25(32)33)27-21(20)6-8-24(31)29-27;5-3(6)1-2-4(7)8/h5-10,19,22,28,30H,3-4,11-14H2,1-2H3,(H,29,31)(H,32,33);1-2H,(H,5,6)(H,7,8)/b;2-1-/t22-;/m0./s1. The van der Waals surface area contributed by atoms with E-state index < -0.39 is 42.0 Å². The number of carbonyl (C=O) groups is 4. The van der Waals surface area contributed by atoms with Crippen LogP contribution in [0.5, 0.6) is 5.75 Å². The number of aliphatic hydroxyl groups is 1. The van der Waals surface area contributed by atoms with Crippen LogP contribution in [-0.2, 0) is 44.9 Å². The Hall–Kier alpha value is -4.81. The number of rotatable bonds is 11. The molecule has 12 nitrogen and oxygen atoms in total. The molecule has 12 heteroatoms. The minimum Gasteiger partial charge on any atom is -0.481 e. The molecule has 1 aromatic heterocycles. The van der Waals surface area contributed by atoms with Gasteiger partial charge >= 0.3 is 23.9 Å². The Morgan fingerprint density at radius 2 is 1.53 bits per heavy atom. The zero-order valence-corrected chi connectivity index (χ0v) is 23.8. The summed E-state index contributed by atoms with van der Waals surface area (Å²) in [5.74, 6) is -4.73. The summed E-state index contributed by atoms with van der Waals surface area (Å²) in [4.78, 5) is 56.3. The van der Waals surface area contributed by atoms with Crippen molar-refractivity contribution in [2.75, 3.05) is 6.54 Å². The van der Waals surface area contributed by atoms with Gasteiger partial charge in [-0.05, 0) is 65.6 Å². The van der Waals surface area contributed by atoms with Crippen LogP contribution in [0, 0.1) is 0 Å². The molecule has 0 fully saturated rings. The molecule has 0 aliphatic heterocycles. The number of hydrogen-bond donors (Lipinski definition) is 6. The summed E-state index contributed by atoms with van der Waals surface area (Å²) in [6.07, 6.45) is 3.31. The molecule has 3 aromatic rings. The first kappa shape index (κ1) is 32.7. The molecule has 0 saturated carbocycles. The Morgan fingerprint density at radius 3 is 2.05 bits per heavy atom. The third kappa shape index (κ3) is 9.09. The first-order valence-electron chi connectivity index (χ1n) is 13.7. The van der Waals surface area contributed by atoms with Crippen molar-refractivity contribution in [3.8, 4) is 5.75 Å². The van der Waals surface area contributed by atoms with Crippen LogP contribution in [0.15, 0.2) is 53.3 Å². The van der Waals surface area contributed by atoms with Crippen molar-refractivity contribution in [1.82, 2.24) is 10.3 Å². The van der Waals surface area contributed by atoms with E-state index in [1.54, 1.807) is 12.1 Å². The number of hydrogen-bond acceptors (Lipinski definition) is 8. The van der Waals surface area contributed by atoms with Crippen molar-refractivity contribution in [1.29, 1.82) is 0 Å². The van der Waals surface area contributed by atoms with Gasteiger partial charge in [0.1, 0.15) is 6.42 Å². The van der Waals surface area contributed by atoms with E-state index in [0.29, 0.717) is 29.6 Å². The Kier molecular flexibility index (Phi) is 11.3. The number of esters is 1. The molecule has 0 radical (unpaired) electrons. The molecule has 0 bridgehead atoms. The van der Waals surface area contributed by atoms with Gasteiger partial charge in [-0.1, -0.05) is 32.0 Å². The molecule has 1 heterocycles. The van der Waals surface area contributed by atoms with Crippen molar-refractivity contribution in [2.24, 2.45) is 0 Å². The highest BCUT2D eigenvalue weighted by Gasteiger charge is 2.24. The smallest absolute Gasteiger partial charge is 0.328 e. The molecule has 0 unspecified atom stereocenters. The fraction of sp³-hybridized carbons (Fsp3) is 0.323. The van der Waals surface area contributed by atoms with E-state index in [2.05, 4.69) is 36.3 Å². The van der Waals surface area contributed by atoms with Crippen LogP contribution in [0.3, 0.4) is 0 Å². The number of ether oxygens (including phenoxy) is 1. The Labute approximate surface area is 246 Å². The van der Waals surface area contributed by atoms with Crippen molar-refractivity contribution >= 4 is 34.8 Å². The van der Waals surface area contributed by atoms with Crippen LogP contribution in [0.2, 0.25) is 0 Å². The topological polar surface area (TPSA) is 203 Å². The molecule has 0 amide bonds. The third-order valence-electron chi connectivity index (χ3n) is 6.95. The van der Waals surface area contributed by atoms with Gasteiger partial charge < -0.3 is 35.5 Å². The number of benzene rings is 2. The lowest BCUT2D eigenvalue weighted by atomic mass is 9.97. The highest BCUT2D eigenvalue weighted by molar-refractivity contribution is 5.94. The molecule has 0 spiro atoms. The SMILES string of the molecule is CCc1cc2c(cc1CC)CC(NC[C@H](O)c1ccc(OC(=O)CC(=O)O)c3[nH]c(=O)ccc13)C2.O=C(O)/C=C\C(=O)O. The first-order valence-corrected chi connectivity index (χ1v) is 13.7. The summed E-state index contributed by atoms with van der Waals surface area (Å²) < 4.78 is 5.16. The number of nitrogens with one attached hydrogen (secondary N) is 2. The van der Waals surface area contributed by atoms with Gasteiger partial charge in [0.25, 0.3) is 0 Å². The number of fused-ring (bicyclic) bond motifs is 2. The monoisotopic (exact) mass is 594 g/mol. The van der Waals surface area contributed by atoms with Gasteiger partial charge in [0, 0.05) is 36.2 Å². The molecule has 6 N–H and O–H groups in total. The van der Waals surface area contributed by atoms with E-state index in [1.165, 1.54) is 34.4 Å². The highest BCUT2D eigenvalue weighted by Crippen LogP contribution is 2.31. The number of carboxylic acids is 3. The normalized spacial score (nSPS) is 13.3. The molecule has 0 saturated heterocycles. The summed E-state index contributed by atoms with van der Waals surface area (Å²) in [7, 11) is 0. The zero-order chi connectivity index (χ0) is 31.7. The number of aliphatic carboxylic acids is 3. The molecule has 4 rings (SSSR count). The maximum absolute atomic E-state index is 11.9. The van der Waals surface area contributed by atoms with Gasteiger partial charge in [-0.3, -0.25) is 14.4 Å². The molecular formula is C31H34N2O10. The van der Waals surface area contributed by atoms with Crippen LogP contribution in [0.1, 0.15) is 54.2 Å². The maximum Gasteiger partial charge on any atom is 0.328 e. The minimum atomic E-state index is -1.31. The number of aromatic amines is 1. The van der Waals surface area contributed by atoms with Gasteiger partial charge in [-0.25, -0.2) is 9.59 Å². The summed E-state index contributed by atoms with van der Waals surface area (Å²) >= 11 is 0. The second-order valence-electron chi connectivity index (χ2n) is 9.94. The summed E-state index contributed by atoms with van der Waals surface area (Å²) in [5.41, 5.74) is 5.93. The van der Waals surface area contributed by atoms with Crippen LogP contribution < -0.4 is 15.6 Å². The van der Waals surface area contributed by atoms with Gasteiger partial charge in [-0.15, -0.1) is 0 Å². The molecule has 1 aliphatic carbocycles. The van der Waals surface area contributed by atoms with Gasteiger partial charge in [0.2, 0.25) is 5.56 Å². The van der Waals surface area contributed by atoms with E-state index in [1.807, 2.05) is 0 Å². The number of aliphatic hydroxyl groups excluding tert-OH is 1. The number of H-pyrrole nitrogens is 1. The Balaban J connectivity index is 0.000000557. The van der Waals surface area contributed by atoms with E-state index in [0.717, 1.165) is 25.7 Å². The summed E-state index contributed by atoms with van der Waals surface area (Å²) in [6.45, 7) is 4.67. The van der Waals surface area contributed by atoms with E-state index >= 15 is 0 Å². The third-order valence-corrected chi connectivity index (χ3v) is 6.95. The Morgan fingerprint density at radius 1 is 0.953 bits per heavy atom. The maximum atomic E-state index is 11.9. The van der Waals surface area contributed by atoms with Crippen molar-refractivity contribution in [2.45, 2.75) is 58.1 Å². The fourth-order valence-electron chi connectivity index (χ4n) is 5.01. The predicted molar refractivity (Wildman–Crippen MR) is 156 cm³/mol. The van der Waals surface area contributed by atoms with Crippen molar-refractivity contribution in [3.63, 3.8) is 0 Å². The van der Waals surface area contributed by atoms with Gasteiger partial charge in [0.15, 0.2) is 5.75 Å². The second-order valence-corrected chi connectivity index (χ2v) is 9.94. The number of aromatic nitrogens is 1. The summed E-state index contributed by atoms with van der Waals surface area (Å²) in [6, 6.07) is 10.8. The molecule has 1 aliphatic rings. The highest BCUT2D eigenvalue weighted by atomic mass is 16.5. The predicted octanol–water partition coefficient (Wildman–Crippen LogP) is 2.54. The molecular weight excluding hydrogens is 560 g/mol. The zero-order valence-electron chi connectivity index (χ0n) is 23.8. The van der Waals surface area contributed by atoms with E-state index in [9.17, 15) is 29.1 Å². The molecule has 43 heavy (non-hydrogen) atoms. The van der Waals surface area contributed by atoms with Crippen LogP contribution in [0.25, 0.3) is 10.9 Å². The summed E-state index contributed by atoms with van der Waals surface area (Å²) in [5, 5.41) is 39.4. The lowest BCUT2D eigenvalue weighted by Crippen LogP contribution is -2.33. The van der Waals surface area contributed by atoms with Crippen LogP contribution in [0.4, 0.5) is 0 Å². The Bertz CT molecular complexity index is 1560. The van der Waals surface area contributed by atoms with Gasteiger partial charge in [0.05, 0.1) is 11.6 Å². The minimum absolute atomic E-state index is 0.0394. The first-order chi connectivity index (χ1) is 20.4. The van der Waals surface area contributed by atoms with E-state index in [4.69, 9.17) is 20.1 Å². The molecule has 2 aromatic carbocycles. The quantitative estimate of drug-likeness (QED) is 0.0824. The lowest BCUT2D eigenvalue weighted by Gasteiger charge is -2.19. The average Bonchev–Trinajstić information content (AvgIpc) is 3.35. The van der Waals surface area contributed by atoms with Crippen LogP contribution in [-0.4, -0.2) is 61.9 Å². The lowest BCUT2D eigenvalue weighted by molar-refractivity contribution is -0.145. The van der Waals surface area contributed by atoms with Crippen molar-refractivity contribution in [3.05, 3.63) is 86.7 Å². The largest absolute Gasteiger partial charge is 0.481 e. The van der Waals surface area contributed by atoms with E-state index in [-0.39, 0.29) is 17.3 Å². The molecule has 228 valence electrons. The van der Waals surface area contributed by atoms with Gasteiger partial charge in [-0.2, -0.15) is 0 Å². The number of carboxylic acid groups (broad SMARTS) is 3. The van der Waals surface area contributed by atoms with Crippen molar-refractivity contribution < 1.29 is 44.3 Å². The number of aryl methyl sites for hydroxylation is 2.